The van der Waals surface area contributed by atoms with Gasteiger partial charge in [-0.1, -0.05) is 6.08 Å². The van der Waals surface area contributed by atoms with E-state index in [2.05, 4.69) is 11.9 Å². The fourth-order valence-electron chi connectivity index (χ4n) is 0.760. The molecule has 0 aromatic heterocycles. The van der Waals surface area contributed by atoms with Gasteiger partial charge in [-0.05, 0) is 6.08 Å². The van der Waals surface area contributed by atoms with Crippen LogP contribution in [0, 0.1) is 0 Å². The molecule has 0 saturated heterocycles. The van der Waals surface area contributed by atoms with Gasteiger partial charge in [-0.3, -0.25) is 4.79 Å². The molecule has 1 heterocycles. The van der Waals surface area contributed by atoms with Crippen molar-refractivity contribution in [2.24, 2.45) is 0 Å². The summed E-state index contributed by atoms with van der Waals surface area (Å²) in [5.41, 5.74) is 0. The molecule has 1 aliphatic rings. The molecule has 0 aromatic carbocycles. The smallest absolute Gasteiger partial charge is 0.159 e. The summed E-state index contributed by atoms with van der Waals surface area (Å²) < 4.78 is 0. The molecule has 1 aliphatic heterocycles. The Morgan fingerprint density at radius 2 is 2.67 bits per heavy atom. The van der Waals surface area contributed by atoms with Gasteiger partial charge < -0.3 is 5.32 Å². The third-order valence-corrected chi connectivity index (χ3v) is 1.29. The molecule has 2 nitrogen and oxygen atoms in total. The Hall–Kier alpha value is -1.05. The number of nitrogens with one attached hydrogen (secondary N) is 1. The summed E-state index contributed by atoms with van der Waals surface area (Å²) in [6, 6.07) is 0.141. The molecule has 48 valence electrons. The molecule has 1 rings (SSSR count). The number of allylic oxidation sites excluding steroid dienone is 1. The highest BCUT2D eigenvalue weighted by atomic mass is 16.1. The molecule has 0 bridgehead atoms. The molecular formula is C7H9NO. The largest absolute Gasteiger partial charge is 0.384 e. The van der Waals surface area contributed by atoms with E-state index in [1.165, 1.54) is 0 Å². The predicted octanol–water partition coefficient (Wildman–Crippen LogP) is 0.617. The van der Waals surface area contributed by atoms with Crippen LogP contribution in [-0.4, -0.2) is 11.8 Å². The predicted molar refractivity (Wildman–Crippen MR) is 35.9 cm³/mol. The number of carbonyl (C=O) groups excluding carboxylic acids is 1. The van der Waals surface area contributed by atoms with Gasteiger partial charge in [0.05, 0.1) is 6.04 Å². The van der Waals surface area contributed by atoms with Crippen LogP contribution in [0.15, 0.2) is 24.9 Å². The molecule has 0 saturated carbocycles. The topological polar surface area (TPSA) is 29.1 Å². The van der Waals surface area contributed by atoms with Crippen LogP contribution in [0.1, 0.15) is 6.42 Å². The highest BCUT2D eigenvalue weighted by Crippen LogP contribution is 2.00. The zero-order valence-corrected chi connectivity index (χ0v) is 5.13. The average molecular weight is 123 g/mol. The Bertz CT molecular complexity index is 160. The van der Waals surface area contributed by atoms with Crippen molar-refractivity contribution < 1.29 is 4.79 Å². The van der Waals surface area contributed by atoms with Crippen molar-refractivity contribution in [3.05, 3.63) is 24.9 Å². The minimum atomic E-state index is 0.141. The minimum absolute atomic E-state index is 0.141. The molecular weight excluding hydrogens is 114 g/mol. The molecule has 9 heavy (non-hydrogen) atoms. The van der Waals surface area contributed by atoms with Gasteiger partial charge in [-0.25, -0.2) is 0 Å². The van der Waals surface area contributed by atoms with Gasteiger partial charge in [-0.15, -0.1) is 6.58 Å². The van der Waals surface area contributed by atoms with Crippen molar-refractivity contribution in [1.82, 2.24) is 5.32 Å². The van der Waals surface area contributed by atoms with Crippen LogP contribution < -0.4 is 5.32 Å². The Morgan fingerprint density at radius 1 is 1.89 bits per heavy atom. The highest BCUT2D eigenvalue weighted by molar-refractivity contribution is 5.90. The van der Waals surface area contributed by atoms with E-state index < -0.39 is 0 Å². The lowest BCUT2D eigenvalue weighted by molar-refractivity contribution is -0.115. The fraction of sp³-hybridized carbons (Fsp3) is 0.286. The van der Waals surface area contributed by atoms with Gasteiger partial charge in [0.1, 0.15) is 0 Å². The van der Waals surface area contributed by atoms with Crippen LogP contribution in [0.4, 0.5) is 0 Å². The number of hydrogen-bond donors (Lipinski definition) is 1. The van der Waals surface area contributed by atoms with E-state index in [9.17, 15) is 4.79 Å². The van der Waals surface area contributed by atoms with E-state index in [-0.39, 0.29) is 11.8 Å². The normalized spacial score (nSPS) is 25.3. The number of carbonyl (C=O) groups is 1. The molecule has 0 aliphatic carbocycles. The van der Waals surface area contributed by atoms with Gasteiger partial charge in [0.15, 0.2) is 5.78 Å². The Kier molecular flexibility index (Phi) is 1.68. The van der Waals surface area contributed by atoms with Gasteiger partial charge >= 0.3 is 0 Å². The lowest BCUT2D eigenvalue weighted by Crippen LogP contribution is -2.28. The summed E-state index contributed by atoms with van der Waals surface area (Å²) in [5.74, 6) is 0.165. The molecule has 0 spiro atoms. The van der Waals surface area contributed by atoms with Crippen LogP contribution in [0.3, 0.4) is 0 Å². The van der Waals surface area contributed by atoms with Gasteiger partial charge in [0.2, 0.25) is 0 Å². The maximum absolute atomic E-state index is 10.7. The minimum Gasteiger partial charge on any atom is -0.384 e. The zero-order chi connectivity index (χ0) is 6.69. The fourth-order valence-corrected chi connectivity index (χ4v) is 0.760. The van der Waals surface area contributed by atoms with Gasteiger partial charge in [-0.2, -0.15) is 0 Å². The molecule has 0 fully saturated rings. The third-order valence-electron chi connectivity index (χ3n) is 1.29. The van der Waals surface area contributed by atoms with E-state index in [0.717, 1.165) is 0 Å². The summed E-state index contributed by atoms with van der Waals surface area (Å²) in [6.07, 6.45) is 5.49. The van der Waals surface area contributed by atoms with Crippen molar-refractivity contribution >= 4 is 5.78 Å². The second kappa shape index (κ2) is 2.49. The highest BCUT2D eigenvalue weighted by Gasteiger charge is 2.09. The quantitative estimate of drug-likeness (QED) is 0.518. The van der Waals surface area contributed by atoms with Crippen molar-refractivity contribution in [2.45, 2.75) is 12.5 Å². The average Bonchev–Trinajstić information content (AvgIpc) is 1.88. The number of ketones is 1. The van der Waals surface area contributed by atoms with E-state index in [1.807, 2.05) is 0 Å². The first-order valence-corrected chi connectivity index (χ1v) is 2.91. The first-order chi connectivity index (χ1) is 4.33. The monoisotopic (exact) mass is 123 g/mol. The lowest BCUT2D eigenvalue weighted by atomic mass is 10.1. The van der Waals surface area contributed by atoms with Crippen LogP contribution in [0.2, 0.25) is 0 Å². The summed E-state index contributed by atoms with van der Waals surface area (Å²) in [7, 11) is 0. The molecule has 1 N–H and O–H groups in total. The second-order valence-corrected chi connectivity index (χ2v) is 2.01. The SMILES string of the molecule is C=CC1CC(=O)C=CN1. The molecule has 0 amide bonds. The van der Waals surface area contributed by atoms with E-state index in [0.29, 0.717) is 6.42 Å². The molecule has 1 atom stereocenters. The zero-order valence-electron chi connectivity index (χ0n) is 5.13. The number of rotatable bonds is 1. The second-order valence-electron chi connectivity index (χ2n) is 2.01. The molecule has 2 heteroatoms. The lowest BCUT2D eigenvalue weighted by Gasteiger charge is -2.13. The van der Waals surface area contributed by atoms with Crippen molar-refractivity contribution in [3.8, 4) is 0 Å². The Balaban J connectivity index is 2.56. The van der Waals surface area contributed by atoms with E-state index >= 15 is 0 Å². The Labute approximate surface area is 54.3 Å². The van der Waals surface area contributed by atoms with Crippen LogP contribution in [0.25, 0.3) is 0 Å². The molecule has 0 aromatic rings. The molecule has 1 unspecified atom stereocenters. The first kappa shape index (κ1) is 6.08. The summed E-state index contributed by atoms with van der Waals surface area (Å²) in [5, 5.41) is 2.98. The van der Waals surface area contributed by atoms with Crippen LogP contribution >= 0.6 is 0 Å². The van der Waals surface area contributed by atoms with Gasteiger partial charge in [0, 0.05) is 12.6 Å². The summed E-state index contributed by atoms with van der Waals surface area (Å²) in [4.78, 5) is 10.7. The standard InChI is InChI=1S/C7H9NO/c1-2-6-5-7(9)3-4-8-6/h2-4,6,8H,1,5H2. The van der Waals surface area contributed by atoms with Crippen LogP contribution in [0.5, 0.6) is 0 Å². The first-order valence-electron chi connectivity index (χ1n) is 2.91. The maximum Gasteiger partial charge on any atom is 0.159 e. The van der Waals surface area contributed by atoms with Crippen LogP contribution in [-0.2, 0) is 4.79 Å². The third kappa shape index (κ3) is 1.42. The molecule has 0 radical (unpaired) electrons. The van der Waals surface area contributed by atoms with Crippen molar-refractivity contribution in [1.29, 1.82) is 0 Å². The maximum atomic E-state index is 10.7. The summed E-state index contributed by atoms with van der Waals surface area (Å²) >= 11 is 0. The van der Waals surface area contributed by atoms with Crippen molar-refractivity contribution in [3.63, 3.8) is 0 Å². The number of hydrogen-bond acceptors (Lipinski definition) is 2. The Morgan fingerprint density at radius 3 is 3.11 bits per heavy atom. The van der Waals surface area contributed by atoms with Gasteiger partial charge in [0.25, 0.3) is 0 Å². The van der Waals surface area contributed by atoms with Crippen molar-refractivity contribution in [2.75, 3.05) is 0 Å². The van der Waals surface area contributed by atoms with E-state index in [1.54, 1.807) is 18.4 Å². The summed E-state index contributed by atoms with van der Waals surface area (Å²) in [6.45, 7) is 3.57. The van der Waals surface area contributed by atoms with E-state index in [4.69, 9.17) is 0 Å².